The Morgan fingerprint density at radius 2 is 2.03 bits per heavy atom. The van der Waals surface area contributed by atoms with Gasteiger partial charge in [-0.05, 0) is 44.5 Å². The molecule has 3 rings (SSSR count). The van der Waals surface area contributed by atoms with Crippen molar-refractivity contribution in [2.45, 2.75) is 63.5 Å². The van der Waals surface area contributed by atoms with Crippen LogP contribution >= 0.6 is 7.75 Å². The second kappa shape index (κ2) is 12.6. The summed E-state index contributed by atoms with van der Waals surface area (Å²) in [5, 5.41) is 27.5. The van der Waals surface area contributed by atoms with Crippen LogP contribution in [-0.2, 0) is 23.4 Å². The van der Waals surface area contributed by atoms with Gasteiger partial charge in [-0.1, -0.05) is 23.3 Å². The Kier molecular flexibility index (Phi) is 9.69. The molecule has 17 heteroatoms. The van der Waals surface area contributed by atoms with Gasteiger partial charge >= 0.3 is 19.4 Å². The number of nitrogens with zero attached hydrogens (tertiary/aromatic N) is 5. The standard InChI is InChI=1S/C22H30N7O9P/c1-13(2)36-17(30)11-14(3)26-39(34,38-15-7-5-4-6-8-15)35-12-22(27-28-24)19(32)18(31)20(37-22)29-10-9-16(23)25-21(29)33/h4-10,13-14,18-20,31-32H,11-12H2,1-3H3,(H,26,34)(H2,23,25,33)/t14?,18-,19+,20-,22-,39?/m1/s1. The van der Waals surface area contributed by atoms with Crippen LogP contribution in [0, 0.1) is 0 Å². The monoisotopic (exact) mass is 567 g/mol. The van der Waals surface area contributed by atoms with Crippen LogP contribution in [0.15, 0.2) is 52.5 Å². The fourth-order valence-corrected chi connectivity index (χ4v) is 5.25. The molecule has 5 N–H and O–H groups in total. The number of anilines is 1. The van der Waals surface area contributed by atoms with Gasteiger partial charge in [0.25, 0.3) is 0 Å². The molecule has 0 saturated carbocycles. The van der Waals surface area contributed by atoms with Gasteiger partial charge in [0.1, 0.15) is 23.8 Å². The first-order chi connectivity index (χ1) is 18.4. The third-order valence-corrected chi connectivity index (χ3v) is 7.05. The maximum atomic E-state index is 13.8. The zero-order valence-electron chi connectivity index (χ0n) is 21.4. The zero-order chi connectivity index (χ0) is 28.8. The van der Waals surface area contributed by atoms with Gasteiger partial charge in [0.05, 0.1) is 19.1 Å². The van der Waals surface area contributed by atoms with Crippen molar-refractivity contribution < 1.29 is 38.1 Å². The average molecular weight is 567 g/mol. The highest BCUT2D eigenvalue weighted by molar-refractivity contribution is 7.52. The van der Waals surface area contributed by atoms with Gasteiger partial charge in [0.15, 0.2) is 6.23 Å². The number of ether oxygens (including phenoxy) is 2. The number of nitrogen functional groups attached to an aromatic ring is 1. The molecule has 6 atom stereocenters. The summed E-state index contributed by atoms with van der Waals surface area (Å²) in [7, 11) is -4.37. The maximum Gasteiger partial charge on any atom is 0.459 e. The SMILES string of the molecule is CC(CC(=O)OC(C)C)NP(=O)(OC[C@@]1(N=[N+]=[N-])O[C@@H](n2ccc(N)nc2=O)[C@H](O)[C@@H]1O)Oc1ccccc1. The summed E-state index contributed by atoms with van der Waals surface area (Å²) in [4.78, 5) is 30.6. The first kappa shape index (κ1) is 30.1. The van der Waals surface area contributed by atoms with Crippen molar-refractivity contribution in [3.63, 3.8) is 0 Å². The van der Waals surface area contributed by atoms with Gasteiger partial charge in [0, 0.05) is 17.2 Å². The molecule has 0 radical (unpaired) electrons. The fraction of sp³-hybridized carbons (Fsp3) is 0.500. The quantitative estimate of drug-likeness (QED) is 0.0941. The van der Waals surface area contributed by atoms with Crippen molar-refractivity contribution in [3.05, 3.63) is 63.5 Å². The Morgan fingerprint density at radius 3 is 2.64 bits per heavy atom. The lowest BCUT2D eigenvalue weighted by Crippen LogP contribution is -2.45. The van der Waals surface area contributed by atoms with Crippen LogP contribution in [0.1, 0.15) is 33.4 Å². The number of para-hydroxylation sites is 1. The smallest absolute Gasteiger partial charge is 0.459 e. The van der Waals surface area contributed by atoms with Crippen molar-refractivity contribution in [1.82, 2.24) is 14.6 Å². The minimum Gasteiger partial charge on any atom is -0.463 e. The van der Waals surface area contributed by atoms with Crippen LogP contribution in [-0.4, -0.2) is 62.4 Å². The second-order valence-electron chi connectivity index (χ2n) is 8.97. The number of aliphatic hydroxyl groups is 2. The number of rotatable bonds is 12. The molecule has 212 valence electrons. The molecule has 1 saturated heterocycles. The van der Waals surface area contributed by atoms with E-state index in [0.717, 1.165) is 4.57 Å². The van der Waals surface area contributed by atoms with Crippen molar-refractivity contribution in [2.24, 2.45) is 5.11 Å². The van der Waals surface area contributed by atoms with Crippen LogP contribution in [0.5, 0.6) is 5.75 Å². The number of carbonyl (C=O) groups excluding carboxylic acids is 1. The van der Waals surface area contributed by atoms with Gasteiger partial charge in [0.2, 0.25) is 5.72 Å². The second-order valence-corrected chi connectivity index (χ2v) is 10.7. The molecule has 2 aromatic rings. The van der Waals surface area contributed by atoms with Gasteiger partial charge in [-0.3, -0.25) is 13.9 Å². The van der Waals surface area contributed by atoms with Crippen LogP contribution in [0.4, 0.5) is 5.82 Å². The number of aliphatic hydroxyl groups excluding tert-OH is 2. The molecule has 1 aromatic heterocycles. The number of azide groups is 1. The van der Waals surface area contributed by atoms with Gasteiger partial charge in [-0.2, -0.15) is 4.98 Å². The van der Waals surface area contributed by atoms with Gasteiger partial charge < -0.3 is 29.9 Å². The maximum absolute atomic E-state index is 13.8. The predicted molar refractivity (Wildman–Crippen MR) is 136 cm³/mol. The number of aromatic nitrogens is 2. The molecule has 2 unspecified atom stereocenters. The summed E-state index contributed by atoms with van der Waals surface area (Å²) < 4.78 is 36.5. The molecule has 2 heterocycles. The summed E-state index contributed by atoms with van der Waals surface area (Å²) in [6.07, 6.45) is -4.69. The third kappa shape index (κ3) is 7.55. The molecule has 16 nitrogen and oxygen atoms in total. The van der Waals surface area contributed by atoms with Crippen LogP contribution in [0.2, 0.25) is 0 Å². The molecular formula is C22H30N7O9P. The summed E-state index contributed by atoms with van der Waals surface area (Å²) in [5.74, 6) is -0.524. The van der Waals surface area contributed by atoms with E-state index in [1.54, 1.807) is 32.0 Å². The normalized spacial score (nSPS) is 24.9. The largest absolute Gasteiger partial charge is 0.463 e. The van der Waals surface area contributed by atoms with Crippen molar-refractivity contribution in [3.8, 4) is 5.75 Å². The number of nitrogens with one attached hydrogen (secondary N) is 1. The number of esters is 1. The van der Waals surface area contributed by atoms with Crippen LogP contribution in [0.3, 0.4) is 0 Å². The molecule has 1 aliphatic heterocycles. The number of hydrogen-bond acceptors (Lipinski definition) is 12. The van der Waals surface area contributed by atoms with Crippen molar-refractivity contribution in [2.75, 3.05) is 12.3 Å². The zero-order valence-corrected chi connectivity index (χ0v) is 22.2. The lowest BCUT2D eigenvalue weighted by Gasteiger charge is -2.29. The topological polar surface area (TPSA) is 233 Å². The molecule has 1 aromatic carbocycles. The lowest BCUT2D eigenvalue weighted by molar-refractivity contribution is -0.147. The Bertz CT molecular complexity index is 1300. The Morgan fingerprint density at radius 1 is 1.33 bits per heavy atom. The highest BCUT2D eigenvalue weighted by Crippen LogP contribution is 2.48. The van der Waals surface area contributed by atoms with E-state index in [-0.39, 0.29) is 24.1 Å². The molecule has 1 aliphatic rings. The number of hydrogen-bond donors (Lipinski definition) is 4. The van der Waals surface area contributed by atoms with E-state index in [2.05, 4.69) is 20.1 Å². The molecule has 0 aliphatic carbocycles. The van der Waals surface area contributed by atoms with Gasteiger partial charge in [-0.15, -0.1) is 0 Å². The minimum absolute atomic E-state index is 0.0922. The third-order valence-electron chi connectivity index (χ3n) is 5.37. The van der Waals surface area contributed by atoms with E-state index in [1.165, 1.54) is 31.3 Å². The van der Waals surface area contributed by atoms with E-state index < -0.39 is 56.2 Å². The van der Waals surface area contributed by atoms with E-state index in [0.29, 0.717) is 0 Å². The first-order valence-electron chi connectivity index (χ1n) is 11.8. The lowest BCUT2D eigenvalue weighted by atomic mass is 10.1. The van der Waals surface area contributed by atoms with E-state index >= 15 is 0 Å². The summed E-state index contributed by atoms with van der Waals surface area (Å²) in [5.41, 5.74) is 11.4. The molecule has 1 fully saturated rings. The van der Waals surface area contributed by atoms with E-state index in [9.17, 15) is 29.9 Å². The minimum atomic E-state index is -4.37. The predicted octanol–water partition coefficient (Wildman–Crippen LogP) is 1.61. The Balaban J connectivity index is 1.87. The Hall–Kier alpha value is -3.49. The molecule has 0 spiro atoms. The van der Waals surface area contributed by atoms with Crippen molar-refractivity contribution in [1.29, 1.82) is 0 Å². The fourth-order valence-electron chi connectivity index (χ4n) is 3.68. The Labute approximate surface area is 222 Å². The molecule has 0 bridgehead atoms. The average Bonchev–Trinajstić information content (AvgIpc) is 3.08. The molecule has 39 heavy (non-hydrogen) atoms. The van der Waals surface area contributed by atoms with Crippen molar-refractivity contribution >= 4 is 19.5 Å². The number of nitrogens with two attached hydrogens (primary N) is 1. The number of benzene rings is 1. The summed E-state index contributed by atoms with van der Waals surface area (Å²) in [6.45, 7) is 4.00. The van der Waals surface area contributed by atoms with E-state index in [4.69, 9.17) is 24.3 Å². The number of carbonyl (C=O) groups is 1. The molecular weight excluding hydrogens is 537 g/mol. The highest BCUT2D eigenvalue weighted by atomic mass is 31.2. The first-order valence-corrected chi connectivity index (χ1v) is 13.3. The summed E-state index contributed by atoms with van der Waals surface area (Å²) in [6, 6.07) is 8.41. The summed E-state index contributed by atoms with van der Waals surface area (Å²) >= 11 is 0. The van der Waals surface area contributed by atoms with E-state index in [1.807, 2.05) is 0 Å². The van der Waals surface area contributed by atoms with Gasteiger partial charge in [-0.25, -0.2) is 14.4 Å². The highest BCUT2D eigenvalue weighted by Gasteiger charge is 2.56. The molecule has 0 amide bonds. The van der Waals surface area contributed by atoms with Crippen LogP contribution < -0.4 is 21.0 Å². The van der Waals surface area contributed by atoms with Crippen LogP contribution in [0.25, 0.3) is 10.4 Å².